The van der Waals surface area contributed by atoms with Crippen molar-refractivity contribution in [2.45, 2.75) is 25.6 Å². The van der Waals surface area contributed by atoms with Crippen molar-refractivity contribution in [1.29, 1.82) is 0 Å². The first kappa shape index (κ1) is 18.6. The number of ether oxygens (including phenoxy) is 1. The fraction of sp³-hybridized carbons (Fsp3) is 0.368. The lowest BCUT2D eigenvalue weighted by Gasteiger charge is -2.26. The molecule has 2 atom stereocenters. The summed E-state index contributed by atoms with van der Waals surface area (Å²) in [5, 5.41) is 6.16. The third kappa shape index (κ3) is 5.16. The molecule has 5 nitrogen and oxygen atoms in total. The molecule has 1 saturated heterocycles. The van der Waals surface area contributed by atoms with Crippen LogP contribution in [-0.2, 0) is 11.4 Å². The number of nitrogens with zero attached hydrogens (tertiary/aromatic N) is 1. The minimum absolute atomic E-state index is 0.166. The molecule has 0 saturated carbocycles. The first-order chi connectivity index (χ1) is 12.6. The molecule has 1 aliphatic rings. The summed E-state index contributed by atoms with van der Waals surface area (Å²) in [5.41, 5.74) is 1.50. The van der Waals surface area contributed by atoms with E-state index in [0.29, 0.717) is 36.0 Å². The van der Waals surface area contributed by atoms with Crippen LogP contribution in [0.5, 0.6) is 5.75 Å². The quantitative estimate of drug-likeness (QED) is 0.807. The van der Waals surface area contributed by atoms with E-state index >= 15 is 0 Å². The van der Waals surface area contributed by atoms with Gasteiger partial charge in [0.1, 0.15) is 18.5 Å². The molecule has 2 heterocycles. The Hall–Kier alpha value is -2.18. The highest BCUT2D eigenvalue weighted by Gasteiger charge is 2.26. The highest BCUT2D eigenvalue weighted by molar-refractivity contribution is 6.32. The summed E-state index contributed by atoms with van der Waals surface area (Å²) in [7, 11) is 0. The van der Waals surface area contributed by atoms with Gasteiger partial charge in [-0.2, -0.15) is 0 Å². The minimum atomic E-state index is -0.985. The van der Waals surface area contributed by atoms with Gasteiger partial charge in [0.15, 0.2) is 0 Å². The second-order valence-electron chi connectivity index (χ2n) is 6.32. The zero-order chi connectivity index (χ0) is 18.4. The lowest BCUT2D eigenvalue weighted by Crippen LogP contribution is -2.39. The van der Waals surface area contributed by atoms with Crippen molar-refractivity contribution in [2.75, 3.05) is 18.4 Å². The van der Waals surface area contributed by atoms with Crippen molar-refractivity contribution in [2.24, 2.45) is 5.92 Å². The first-order valence-electron chi connectivity index (χ1n) is 8.57. The van der Waals surface area contributed by atoms with Crippen LogP contribution in [-0.4, -0.2) is 30.2 Å². The molecule has 26 heavy (non-hydrogen) atoms. The Morgan fingerprint density at radius 1 is 1.42 bits per heavy atom. The molecule has 1 fully saturated rings. The Balaban J connectivity index is 1.54. The van der Waals surface area contributed by atoms with E-state index in [0.717, 1.165) is 12.1 Å². The number of alkyl halides is 1. The maximum atomic E-state index is 13.8. The number of piperidine rings is 1. The van der Waals surface area contributed by atoms with Gasteiger partial charge in [-0.25, -0.2) is 4.39 Å². The van der Waals surface area contributed by atoms with Crippen LogP contribution >= 0.6 is 11.6 Å². The van der Waals surface area contributed by atoms with Crippen molar-refractivity contribution < 1.29 is 13.9 Å². The number of carbonyl (C=O) groups excluding carboxylic acids is 1. The van der Waals surface area contributed by atoms with Crippen LogP contribution in [0.25, 0.3) is 0 Å². The number of amides is 1. The zero-order valence-electron chi connectivity index (χ0n) is 14.3. The second-order valence-corrected chi connectivity index (χ2v) is 6.72. The summed E-state index contributed by atoms with van der Waals surface area (Å²) in [6.45, 7) is 1.41. The van der Waals surface area contributed by atoms with Gasteiger partial charge in [0.2, 0.25) is 5.91 Å². The Morgan fingerprint density at radius 2 is 2.31 bits per heavy atom. The summed E-state index contributed by atoms with van der Waals surface area (Å²) in [5.74, 6) is 0.0733. The summed E-state index contributed by atoms with van der Waals surface area (Å²) < 4.78 is 19.5. The van der Waals surface area contributed by atoms with E-state index in [2.05, 4.69) is 15.6 Å². The van der Waals surface area contributed by atoms with Gasteiger partial charge in [0, 0.05) is 42.5 Å². The molecule has 7 heteroatoms. The highest BCUT2D eigenvalue weighted by atomic mass is 35.5. The summed E-state index contributed by atoms with van der Waals surface area (Å²) in [6, 6.07) is 8.81. The van der Waals surface area contributed by atoms with Gasteiger partial charge >= 0.3 is 0 Å². The fourth-order valence-corrected chi connectivity index (χ4v) is 3.13. The normalized spacial score (nSPS) is 19.8. The Labute approximate surface area is 156 Å². The van der Waals surface area contributed by atoms with E-state index in [9.17, 15) is 9.18 Å². The van der Waals surface area contributed by atoms with Gasteiger partial charge < -0.3 is 15.4 Å². The topological polar surface area (TPSA) is 63.2 Å². The van der Waals surface area contributed by atoms with E-state index in [1.165, 1.54) is 0 Å². The molecule has 0 radical (unpaired) electrons. The molecular formula is C19H21ClFN3O2. The Morgan fingerprint density at radius 3 is 3.04 bits per heavy atom. The molecule has 1 aromatic heterocycles. The van der Waals surface area contributed by atoms with Crippen LogP contribution in [0.1, 0.15) is 18.4 Å². The number of nitrogens with one attached hydrogen (secondary N) is 2. The summed E-state index contributed by atoms with van der Waals surface area (Å²) in [6.07, 6.45) is 3.27. The van der Waals surface area contributed by atoms with Crippen LogP contribution in [0.3, 0.4) is 0 Å². The molecule has 2 aromatic rings. The number of benzene rings is 1. The summed E-state index contributed by atoms with van der Waals surface area (Å²) >= 11 is 6.23. The Bertz CT molecular complexity index is 745. The van der Waals surface area contributed by atoms with Crippen LogP contribution in [0, 0.1) is 5.92 Å². The van der Waals surface area contributed by atoms with Crippen molar-refractivity contribution in [3.63, 3.8) is 0 Å². The number of hydrogen-bond acceptors (Lipinski definition) is 4. The van der Waals surface area contributed by atoms with E-state index in [1.54, 1.807) is 30.6 Å². The zero-order valence-corrected chi connectivity index (χ0v) is 15.0. The third-order valence-electron chi connectivity index (χ3n) is 4.32. The molecule has 1 aromatic carbocycles. The van der Waals surface area contributed by atoms with Crippen molar-refractivity contribution >= 4 is 23.2 Å². The number of halogens is 2. The van der Waals surface area contributed by atoms with Gasteiger partial charge in [0.25, 0.3) is 0 Å². The molecule has 1 aliphatic heterocycles. The van der Waals surface area contributed by atoms with Crippen molar-refractivity contribution in [3.05, 3.63) is 53.3 Å². The molecule has 0 spiro atoms. The molecular weight excluding hydrogens is 357 g/mol. The van der Waals surface area contributed by atoms with Crippen LogP contribution in [0.2, 0.25) is 5.02 Å². The van der Waals surface area contributed by atoms with E-state index in [-0.39, 0.29) is 18.2 Å². The second kappa shape index (κ2) is 8.96. The third-order valence-corrected chi connectivity index (χ3v) is 4.62. The molecule has 0 bridgehead atoms. The number of pyridine rings is 1. The number of anilines is 1. The van der Waals surface area contributed by atoms with E-state index in [1.807, 2.05) is 12.1 Å². The van der Waals surface area contributed by atoms with E-state index < -0.39 is 6.17 Å². The maximum absolute atomic E-state index is 13.8. The SMILES string of the molecule is O=C(CC1CCNCC1F)Nc1ccc(OCc2cccnc2)c(Cl)c1. The van der Waals surface area contributed by atoms with Gasteiger partial charge in [-0.05, 0) is 37.2 Å². The van der Waals surface area contributed by atoms with Gasteiger partial charge in [0.05, 0.1) is 5.02 Å². The van der Waals surface area contributed by atoms with Gasteiger partial charge in [-0.3, -0.25) is 9.78 Å². The number of carbonyl (C=O) groups is 1. The van der Waals surface area contributed by atoms with Crippen LogP contribution in [0.15, 0.2) is 42.7 Å². The largest absolute Gasteiger partial charge is 0.487 e. The predicted octanol–water partition coefficient (Wildman–Crippen LogP) is 3.59. The lowest BCUT2D eigenvalue weighted by atomic mass is 9.92. The van der Waals surface area contributed by atoms with Crippen molar-refractivity contribution in [1.82, 2.24) is 10.3 Å². The first-order valence-corrected chi connectivity index (χ1v) is 8.95. The fourth-order valence-electron chi connectivity index (χ4n) is 2.90. The number of hydrogen-bond donors (Lipinski definition) is 2. The average molecular weight is 378 g/mol. The van der Waals surface area contributed by atoms with Crippen molar-refractivity contribution in [3.8, 4) is 5.75 Å². The molecule has 0 aliphatic carbocycles. The summed E-state index contributed by atoms with van der Waals surface area (Å²) in [4.78, 5) is 16.2. The molecule has 1 amide bonds. The molecule has 2 unspecified atom stereocenters. The van der Waals surface area contributed by atoms with Gasteiger partial charge in [-0.15, -0.1) is 0 Å². The van der Waals surface area contributed by atoms with Gasteiger partial charge in [-0.1, -0.05) is 17.7 Å². The molecule has 3 rings (SSSR count). The van der Waals surface area contributed by atoms with Crippen LogP contribution in [0.4, 0.5) is 10.1 Å². The average Bonchev–Trinajstić information content (AvgIpc) is 2.64. The van der Waals surface area contributed by atoms with Crippen LogP contribution < -0.4 is 15.4 Å². The maximum Gasteiger partial charge on any atom is 0.224 e. The molecule has 138 valence electrons. The lowest BCUT2D eigenvalue weighted by molar-refractivity contribution is -0.117. The highest BCUT2D eigenvalue weighted by Crippen LogP contribution is 2.29. The van der Waals surface area contributed by atoms with E-state index in [4.69, 9.17) is 16.3 Å². The number of aromatic nitrogens is 1. The standard InChI is InChI=1S/C19H21ClFN3O2/c20-16-9-15(24-19(25)8-14-5-7-23-11-17(14)21)3-4-18(16)26-12-13-2-1-6-22-10-13/h1-4,6,9-10,14,17,23H,5,7-8,11-12H2,(H,24,25). The predicted molar refractivity (Wildman–Crippen MR) is 99.1 cm³/mol. The monoisotopic (exact) mass is 377 g/mol. The smallest absolute Gasteiger partial charge is 0.224 e. The molecule has 2 N–H and O–H groups in total. The Kier molecular flexibility index (Phi) is 6.41. The minimum Gasteiger partial charge on any atom is -0.487 e. The number of rotatable bonds is 6.